The Bertz CT molecular complexity index is 515. The van der Waals surface area contributed by atoms with Gasteiger partial charge in [0.05, 0.1) is 5.56 Å². The first-order chi connectivity index (χ1) is 7.31. The van der Waals surface area contributed by atoms with Gasteiger partial charge in [-0.3, -0.25) is 4.98 Å². The van der Waals surface area contributed by atoms with Crippen molar-refractivity contribution < 1.29 is 4.39 Å². The molecule has 0 unspecified atom stereocenters. The number of hydrogen-bond donors (Lipinski definition) is 0. The molecule has 3 heteroatoms. The number of aromatic nitrogens is 1. The molecule has 0 radical (unpaired) electrons. The zero-order valence-electron chi connectivity index (χ0n) is 7.81. The average molecular weight is 198 g/mol. The Hall–Kier alpha value is -2.21. The van der Waals surface area contributed by atoms with Crippen LogP contribution in [0.2, 0.25) is 0 Å². The maximum atomic E-state index is 13.3. The number of halogens is 1. The molecule has 0 saturated carbocycles. The Labute approximate surface area is 86.6 Å². The molecule has 2 nitrogen and oxygen atoms in total. The van der Waals surface area contributed by atoms with Crippen LogP contribution < -0.4 is 0 Å². The summed E-state index contributed by atoms with van der Waals surface area (Å²) in [5.74, 6) is -0.501. The summed E-state index contributed by atoms with van der Waals surface area (Å²) in [6, 6.07) is 9.93. The van der Waals surface area contributed by atoms with Crippen molar-refractivity contribution >= 4 is 0 Å². The SMILES string of the molecule is N#Cc1ccc(-c2cccnc2)cc1F. The van der Waals surface area contributed by atoms with E-state index >= 15 is 0 Å². The van der Waals surface area contributed by atoms with E-state index in [-0.39, 0.29) is 5.56 Å². The van der Waals surface area contributed by atoms with Crippen LogP contribution in [0.1, 0.15) is 5.56 Å². The summed E-state index contributed by atoms with van der Waals surface area (Å²) in [5, 5.41) is 8.58. The third-order valence-electron chi connectivity index (χ3n) is 2.08. The highest BCUT2D eigenvalue weighted by atomic mass is 19.1. The number of hydrogen-bond acceptors (Lipinski definition) is 2. The maximum absolute atomic E-state index is 13.3. The van der Waals surface area contributed by atoms with Gasteiger partial charge in [-0.25, -0.2) is 4.39 Å². The minimum absolute atomic E-state index is 0.0580. The zero-order chi connectivity index (χ0) is 10.7. The summed E-state index contributed by atoms with van der Waals surface area (Å²) in [6.07, 6.45) is 3.31. The molecule has 2 rings (SSSR count). The van der Waals surface area contributed by atoms with Gasteiger partial charge in [0, 0.05) is 18.0 Å². The van der Waals surface area contributed by atoms with Crippen LogP contribution in [0.25, 0.3) is 11.1 Å². The molecule has 0 aliphatic carbocycles. The monoisotopic (exact) mass is 198 g/mol. The van der Waals surface area contributed by atoms with Crippen LogP contribution >= 0.6 is 0 Å². The second-order valence-electron chi connectivity index (χ2n) is 3.05. The highest BCUT2D eigenvalue weighted by molar-refractivity contribution is 5.63. The molecule has 1 aromatic carbocycles. The summed E-state index contributed by atoms with van der Waals surface area (Å²) in [7, 11) is 0. The Kier molecular flexibility index (Phi) is 2.42. The average Bonchev–Trinajstić information content (AvgIpc) is 2.30. The second kappa shape index (κ2) is 3.89. The highest BCUT2D eigenvalue weighted by Crippen LogP contribution is 2.20. The number of benzene rings is 1. The topological polar surface area (TPSA) is 36.7 Å². The van der Waals surface area contributed by atoms with E-state index in [4.69, 9.17) is 5.26 Å². The van der Waals surface area contributed by atoms with Crippen molar-refractivity contribution in [3.63, 3.8) is 0 Å². The molecule has 0 amide bonds. The molecule has 0 fully saturated rings. The van der Waals surface area contributed by atoms with E-state index in [1.54, 1.807) is 30.6 Å². The lowest BCUT2D eigenvalue weighted by Gasteiger charge is -2.01. The molecular formula is C12H7FN2. The van der Waals surface area contributed by atoms with Crippen LogP contribution in [0.4, 0.5) is 4.39 Å². The van der Waals surface area contributed by atoms with E-state index in [0.717, 1.165) is 11.1 Å². The van der Waals surface area contributed by atoms with Gasteiger partial charge in [-0.05, 0) is 23.8 Å². The van der Waals surface area contributed by atoms with Gasteiger partial charge in [-0.1, -0.05) is 12.1 Å². The lowest BCUT2D eigenvalue weighted by atomic mass is 10.1. The molecule has 2 aromatic rings. The Morgan fingerprint density at radius 2 is 2.07 bits per heavy atom. The van der Waals surface area contributed by atoms with E-state index in [2.05, 4.69) is 4.98 Å². The first-order valence-electron chi connectivity index (χ1n) is 4.41. The Balaban J connectivity index is 2.49. The smallest absolute Gasteiger partial charge is 0.141 e. The molecule has 0 spiro atoms. The lowest BCUT2D eigenvalue weighted by Crippen LogP contribution is -1.85. The van der Waals surface area contributed by atoms with Gasteiger partial charge in [-0.2, -0.15) is 5.26 Å². The fraction of sp³-hybridized carbons (Fsp3) is 0. The molecule has 0 atom stereocenters. The molecule has 0 aliphatic rings. The summed E-state index contributed by atoms with van der Waals surface area (Å²) >= 11 is 0. The largest absolute Gasteiger partial charge is 0.264 e. The Morgan fingerprint density at radius 3 is 2.67 bits per heavy atom. The van der Waals surface area contributed by atoms with Crippen molar-refractivity contribution in [1.29, 1.82) is 5.26 Å². The molecule has 0 N–H and O–H groups in total. The summed E-state index contributed by atoms with van der Waals surface area (Å²) < 4.78 is 13.3. The zero-order valence-corrected chi connectivity index (χ0v) is 7.81. The van der Waals surface area contributed by atoms with Crippen molar-refractivity contribution in [2.75, 3.05) is 0 Å². The van der Waals surface area contributed by atoms with Crippen LogP contribution in [0.15, 0.2) is 42.7 Å². The van der Waals surface area contributed by atoms with Crippen molar-refractivity contribution in [3.05, 3.63) is 54.1 Å². The van der Waals surface area contributed by atoms with E-state index in [0.29, 0.717) is 0 Å². The summed E-state index contributed by atoms with van der Waals surface area (Å²) in [5.41, 5.74) is 1.61. The van der Waals surface area contributed by atoms with Crippen molar-refractivity contribution in [2.24, 2.45) is 0 Å². The molecular weight excluding hydrogens is 191 g/mol. The van der Waals surface area contributed by atoms with Crippen LogP contribution in [0.5, 0.6) is 0 Å². The van der Waals surface area contributed by atoms with Crippen molar-refractivity contribution in [3.8, 4) is 17.2 Å². The minimum atomic E-state index is -0.501. The normalized spacial score (nSPS) is 9.60. The van der Waals surface area contributed by atoms with Gasteiger partial charge in [-0.15, -0.1) is 0 Å². The van der Waals surface area contributed by atoms with Crippen LogP contribution in [-0.4, -0.2) is 4.98 Å². The molecule has 15 heavy (non-hydrogen) atoms. The van der Waals surface area contributed by atoms with E-state index < -0.39 is 5.82 Å². The first-order valence-corrected chi connectivity index (χ1v) is 4.41. The molecule has 72 valence electrons. The predicted molar refractivity (Wildman–Crippen MR) is 54.3 cm³/mol. The number of rotatable bonds is 1. The van der Waals surface area contributed by atoms with E-state index in [1.165, 1.54) is 12.1 Å². The van der Waals surface area contributed by atoms with Crippen LogP contribution in [0, 0.1) is 17.1 Å². The van der Waals surface area contributed by atoms with E-state index in [1.807, 2.05) is 6.07 Å². The number of nitriles is 1. The van der Waals surface area contributed by atoms with Gasteiger partial charge in [0.15, 0.2) is 0 Å². The third kappa shape index (κ3) is 1.84. The maximum Gasteiger partial charge on any atom is 0.141 e. The molecule has 1 heterocycles. The first kappa shape index (κ1) is 9.35. The molecule has 0 aliphatic heterocycles. The van der Waals surface area contributed by atoms with Gasteiger partial charge in [0.2, 0.25) is 0 Å². The number of pyridine rings is 1. The van der Waals surface area contributed by atoms with Crippen molar-refractivity contribution in [2.45, 2.75) is 0 Å². The fourth-order valence-corrected chi connectivity index (χ4v) is 1.32. The molecule has 0 saturated heterocycles. The van der Waals surface area contributed by atoms with Crippen LogP contribution in [-0.2, 0) is 0 Å². The Morgan fingerprint density at radius 1 is 1.20 bits per heavy atom. The van der Waals surface area contributed by atoms with Gasteiger partial charge in [0.25, 0.3) is 0 Å². The number of nitrogens with zero attached hydrogens (tertiary/aromatic N) is 2. The minimum Gasteiger partial charge on any atom is -0.264 e. The molecule has 0 bridgehead atoms. The summed E-state index contributed by atoms with van der Waals surface area (Å²) in [4.78, 5) is 3.95. The summed E-state index contributed by atoms with van der Waals surface area (Å²) in [6.45, 7) is 0. The third-order valence-corrected chi connectivity index (χ3v) is 2.08. The van der Waals surface area contributed by atoms with Crippen LogP contribution in [0.3, 0.4) is 0 Å². The predicted octanol–water partition coefficient (Wildman–Crippen LogP) is 2.76. The van der Waals surface area contributed by atoms with Gasteiger partial charge < -0.3 is 0 Å². The molecule has 1 aromatic heterocycles. The highest BCUT2D eigenvalue weighted by Gasteiger charge is 2.03. The van der Waals surface area contributed by atoms with Crippen molar-refractivity contribution in [1.82, 2.24) is 4.98 Å². The van der Waals surface area contributed by atoms with Gasteiger partial charge >= 0.3 is 0 Å². The van der Waals surface area contributed by atoms with Gasteiger partial charge in [0.1, 0.15) is 11.9 Å². The standard InChI is InChI=1S/C12H7FN2/c13-12-6-9(3-4-10(12)7-14)11-2-1-5-15-8-11/h1-6,8H. The quantitative estimate of drug-likeness (QED) is 0.706. The second-order valence-corrected chi connectivity index (χ2v) is 3.05. The fourth-order valence-electron chi connectivity index (χ4n) is 1.32. The van der Waals surface area contributed by atoms with E-state index in [9.17, 15) is 4.39 Å². The lowest BCUT2D eigenvalue weighted by molar-refractivity contribution is 0.624.